The van der Waals surface area contributed by atoms with E-state index in [2.05, 4.69) is 30.3 Å². The molecule has 0 spiro atoms. The highest BCUT2D eigenvalue weighted by molar-refractivity contribution is 5.85. The van der Waals surface area contributed by atoms with Gasteiger partial charge in [-0.25, -0.2) is 0 Å². The first-order chi connectivity index (χ1) is 6.29. The number of rotatable bonds is 1. The van der Waals surface area contributed by atoms with Gasteiger partial charge in [0.05, 0.1) is 0 Å². The summed E-state index contributed by atoms with van der Waals surface area (Å²) in [6, 6.07) is 14.7. The van der Waals surface area contributed by atoms with Crippen molar-refractivity contribution in [2.24, 2.45) is 5.73 Å². The van der Waals surface area contributed by atoms with Gasteiger partial charge in [-0.15, -0.1) is 0 Å². The largest absolute Gasteiger partial charge is 0.344 e. The van der Waals surface area contributed by atoms with Gasteiger partial charge in [0.2, 0.25) is 0 Å². The molecule has 5 N–H and O–H groups in total. The van der Waals surface area contributed by atoms with Crippen molar-refractivity contribution in [3.63, 3.8) is 0 Å². The highest BCUT2D eigenvalue weighted by Gasteiger charge is 2.02. The van der Waals surface area contributed by atoms with Gasteiger partial charge in [0.25, 0.3) is 0 Å². The van der Waals surface area contributed by atoms with Crippen LogP contribution >= 0.6 is 0 Å². The lowest BCUT2D eigenvalue weighted by Gasteiger charge is -2.09. The molecule has 2 aromatic rings. The predicted molar refractivity (Wildman–Crippen MR) is 61.6 cm³/mol. The Morgan fingerprint density at radius 3 is 2.36 bits per heavy atom. The molecule has 2 heteroatoms. The lowest BCUT2D eigenvalue weighted by molar-refractivity contribution is 0.827. The molecule has 0 saturated carbocycles. The molecule has 2 nitrogen and oxygen atoms in total. The van der Waals surface area contributed by atoms with Gasteiger partial charge in [0, 0.05) is 6.04 Å². The lowest BCUT2D eigenvalue weighted by Crippen LogP contribution is -2.05. The molecule has 74 valence electrons. The lowest BCUT2D eigenvalue weighted by atomic mass is 10.0. The summed E-state index contributed by atoms with van der Waals surface area (Å²) in [5.74, 6) is 0. The van der Waals surface area contributed by atoms with E-state index in [0.717, 1.165) is 0 Å². The molecule has 0 aliphatic rings. The highest BCUT2D eigenvalue weighted by Crippen LogP contribution is 2.22. The summed E-state index contributed by atoms with van der Waals surface area (Å²) in [4.78, 5) is 0. The van der Waals surface area contributed by atoms with Crippen molar-refractivity contribution in [3.8, 4) is 0 Å². The minimum absolute atomic E-state index is 0. The van der Waals surface area contributed by atoms with Gasteiger partial charge in [-0.1, -0.05) is 42.5 Å². The van der Waals surface area contributed by atoms with Crippen LogP contribution in [0.1, 0.15) is 18.5 Å². The van der Waals surface area contributed by atoms with Gasteiger partial charge in [-0.2, -0.15) is 0 Å². The van der Waals surface area contributed by atoms with Crippen LogP contribution in [0.25, 0.3) is 10.8 Å². The van der Waals surface area contributed by atoms with Crippen molar-refractivity contribution in [1.82, 2.24) is 6.15 Å². The Morgan fingerprint density at radius 2 is 1.64 bits per heavy atom. The predicted octanol–water partition coefficient (Wildman–Crippen LogP) is 3.02. The average Bonchev–Trinajstić information content (AvgIpc) is 2.17. The van der Waals surface area contributed by atoms with Crippen LogP contribution in [0.5, 0.6) is 0 Å². The monoisotopic (exact) mass is 188 g/mol. The molecule has 0 heterocycles. The third-order valence-electron chi connectivity index (χ3n) is 2.31. The second-order valence-electron chi connectivity index (χ2n) is 3.36. The third-order valence-corrected chi connectivity index (χ3v) is 2.31. The zero-order valence-corrected chi connectivity index (χ0v) is 8.40. The Balaban J connectivity index is 0.000000980. The summed E-state index contributed by atoms with van der Waals surface area (Å²) in [5, 5.41) is 2.53. The summed E-state index contributed by atoms with van der Waals surface area (Å²) in [5.41, 5.74) is 7.10. The van der Waals surface area contributed by atoms with Crippen LogP contribution in [0, 0.1) is 0 Å². The van der Waals surface area contributed by atoms with E-state index >= 15 is 0 Å². The topological polar surface area (TPSA) is 61.0 Å². The molecule has 1 atom stereocenters. The summed E-state index contributed by atoms with van der Waals surface area (Å²) in [7, 11) is 0. The number of hydrogen-bond acceptors (Lipinski definition) is 2. The first-order valence-corrected chi connectivity index (χ1v) is 4.52. The zero-order valence-electron chi connectivity index (χ0n) is 8.40. The molecule has 0 fully saturated rings. The van der Waals surface area contributed by atoms with Crippen LogP contribution in [0.2, 0.25) is 0 Å². The van der Waals surface area contributed by atoms with Gasteiger partial charge >= 0.3 is 0 Å². The van der Waals surface area contributed by atoms with Gasteiger partial charge in [-0.3, -0.25) is 0 Å². The van der Waals surface area contributed by atoms with E-state index < -0.39 is 0 Å². The van der Waals surface area contributed by atoms with E-state index in [1.165, 1.54) is 16.3 Å². The molecular weight excluding hydrogens is 172 g/mol. The molecule has 0 amide bonds. The summed E-state index contributed by atoms with van der Waals surface area (Å²) in [6.45, 7) is 2.02. The molecule has 0 aromatic heterocycles. The third kappa shape index (κ3) is 1.76. The fourth-order valence-corrected chi connectivity index (χ4v) is 1.65. The maximum atomic E-state index is 5.88. The molecule has 2 rings (SSSR count). The van der Waals surface area contributed by atoms with E-state index in [1.807, 2.05) is 19.1 Å². The van der Waals surface area contributed by atoms with E-state index in [4.69, 9.17) is 5.73 Å². The molecule has 14 heavy (non-hydrogen) atoms. The maximum Gasteiger partial charge on any atom is 0.0272 e. The van der Waals surface area contributed by atoms with Crippen LogP contribution in [-0.4, -0.2) is 0 Å². The molecule has 0 aliphatic carbocycles. The van der Waals surface area contributed by atoms with E-state index in [0.29, 0.717) is 0 Å². The van der Waals surface area contributed by atoms with E-state index in [9.17, 15) is 0 Å². The molecule has 0 bridgehead atoms. The van der Waals surface area contributed by atoms with Gasteiger partial charge < -0.3 is 11.9 Å². The Morgan fingerprint density at radius 1 is 1.00 bits per heavy atom. The molecular formula is C12H16N2. The van der Waals surface area contributed by atoms with Gasteiger partial charge in [0.15, 0.2) is 0 Å². The minimum Gasteiger partial charge on any atom is -0.344 e. The first-order valence-electron chi connectivity index (χ1n) is 4.52. The Hall–Kier alpha value is -1.38. The van der Waals surface area contributed by atoms with Crippen molar-refractivity contribution < 1.29 is 0 Å². The van der Waals surface area contributed by atoms with Crippen LogP contribution in [0.15, 0.2) is 42.5 Å². The van der Waals surface area contributed by atoms with Crippen LogP contribution < -0.4 is 11.9 Å². The first kappa shape index (κ1) is 10.7. The van der Waals surface area contributed by atoms with Crippen molar-refractivity contribution in [2.45, 2.75) is 13.0 Å². The summed E-state index contributed by atoms with van der Waals surface area (Å²) >= 11 is 0. The smallest absolute Gasteiger partial charge is 0.0272 e. The molecule has 0 unspecified atom stereocenters. The number of hydrogen-bond donors (Lipinski definition) is 2. The minimum atomic E-state index is 0. The second kappa shape index (κ2) is 4.22. The number of nitrogens with two attached hydrogens (primary N) is 1. The van der Waals surface area contributed by atoms with Crippen molar-refractivity contribution in [3.05, 3.63) is 48.0 Å². The average molecular weight is 188 g/mol. The van der Waals surface area contributed by atoms with Crippen LogP contribution in [0.3, 0.4) is 0 Å². The Kier molecular flexibility index (Phi) is 3.23. The van der Waals surface area contributed by atoms with E-state index in [1.54, 1.807) is 0 Å². The Bertz CT molecular complexity index is 416. The van der Waals surface area contributed by atoms with Crippen molar-refractivity contribution >= 4 is 10.8 Å². The molecule has 0 aliphatic heterocycles. The number of fused-ring (bicyclic) bond motifs is 1. The van der Waals surface area contributed by atoms with Crippen LogP contribution in [0.4, 0.5) is 0 Å². The summed E-state index contributed by atoms with van der Waals surface area (Å²) < 4.78 is 0. The fourth-order valence-electron chi connectivity index (χ4n) is 1.65. The quantitative estimate of drug-likeness (QED) is 0.722. The SMILES string of the molecule is C[C@H](N)c1cccc2ccccc12.N. The maximum absolute atomic E-state index is 5.88. The normalized spacial score (nSPS) is 12.1. The van der Waals surface area contributed by atoms with Crippen molar-refractivity contribution in [2.75, 3.05) is 0 Å². The molecule has 0 radical (unpaired) electrons. The van der Waals surface area contributed by atoms with Crippen LogP contribution in [-0.2, 0) is 0 Å². The second-order valence-corrected chi connectivity index (χ2v) is 3.36. The van der Waals surface area contributed by atoms with Crippen molar-refractivity contribution in [1.29, 1.82) is 0 Å². The van der Waals surface area contributed by atoms with Gasteiger partial charge in [0.1, 0.15) is 0 Å². The summed E-state index contributed by atoms with van der Waals surface area (Å²) in [6.07, 6.45) is 0. The standard InChI is InChI=1S/C12H13N.H3N/c1-9(13)11-8-4-6-10-5-2-3-7-12(10)11;/h2-9H,13H2,1H3;1H3/t9-;/m0./s1. The fraction of sp³-hybridized carbons (Fsp3) is 0.167. The Labute approximate surface area is 84.3 Å². The molecule has 2 aromatic carbocycles. The zero-order chi connectivity index (χ0) is 9.26. The number of benzene rings is 2. The van der Waals surface area contributed by atoms with E-state index in [-0.39, 0.29) is 12.2 Å². The highest BCUT2D eigenvalue weighted by atomic mass is 14.6. The molecule has 0 saturated heterocycles. The van der Waals surface area contributed by atoms with Gasteiger partial charge in [-0.05, 0) is 23.3 Å².